The normalized spacial score (nSPS) is 12.0. The topological polar surface area (TPSA) is 35.5 Å². The molecule has 1 rings (SSSR count). The zero-order valence-electron chi connectivity index (χ0n) is 11.0. The Morgan fingerprint density at radius 3 is 2.72 bits per heavy atom. The molecule has 0 amide bonds. The molecular formula is C14H19FO3. The summed E-state index contributed by atoms with van der Waals surface area (Å²) in [6.45, 7) is 3.70. The maximum atomic E-state index is 13.4. The van der Waals surface area contributed by atoms with Gasteiger partial charge in [-0.3, -0.25) is 0 Å². The molecule has 18 heavy (non-hydrogen) atoms. The van der Waals surface area contributed by atoms with E-state index < -0.39 is 12.1 Å². The summed E-state index contributed by atoms with van der Waals surface area (Å²) < 4.78 is 23.5. The first-order chi connectivity index (χ1) is 8.58. The standard InChI is InChI=1S/C14H19FO3/c1-4-5-6-13(14(16)17-3)18-11-8-7-10(2)12(15)9-11/h7-9,13H,4-6H2,1-3H3. The fraction of sp³-hybridized carbons (Fsp3) is 0.500. The van der Waals surface area contributed by atoms with Crippen LogP contribution in [0.15, 0.2) is 18.2 Å². The van der Waals surface area contributed by atoms with Crippen LogP contribution in [-0.4, -0.2) is 19.2 Å². The van der Waals surface area contributed by atoms with Crippen LogP contribution in [0, 0.1) is 12.7 Å². The predicted molar refractivity (Wildman–Crippen MR) is 67.1 cm³/mol. The van der Waals surface area contributed by atoms with E-state index in [4.69, 9.17) is 4.74 Å². The van der Waals surface area contributed by atoms with E-state index in [1.807, 2.05) is 6.92 Å². The second-order valence-corrected chi connectivity index (χ2v) is 4.18. The highest BCUT2D eigenvalue weighted by molar-refractivity contribution is 5.74. The van der Waals surface area contributed by atoms with Crippen LogP contribution in [0.3, 0.4) is 0 Å². The molecule has 4 heteroatoms. The molecule has 3 nitrogen and oxygen atoms in total. The maximum absolute atomic E-state index is 13.4. The largest absolute Gasteiger partial charge is 0.479 e. The zero-order valence-corrected chi connectivity index (χ0v) is 11.0. The Hall–Kier alpha value is -1.58. The number of methoxy groups -OCH3 is 1. The van der Waals surface area contributed by atoms with E-state index in [0.29, 0.717) is 17.7 Å². The molecule has 0 heterocycles. The lowest BCUT2D eigenvalue weighted by atomic mass is 10.1. The van der Waals surface area contributed by atoms with Gasteiger partial charge in [-0.2, -0.15) is 0 Å². The summed E-state index contributed by atoms with van der Waals surface area (Å²) in [4.78, 5) is 11.5. The lowest BCUT2D eigenvalue weighted by Crippen LogP contribution is -2.28. The molecule has 0 aliphatic heterocycles. The van der Waals surface area contributed by atoms with Crippen molar-refractivity contribution in [2.45, 2.75) is 39.2 Å². The molecule has 1 unspecified atom stereocenters. The molecule has 0 saturated heterocycles. The van der Waals surface area contributed by atoms with E-state index in [2.05, 4.69) is 4.74 Å². The number of hydrogen-bond acceptors (Lipinski definition) is 3. The average Bonchev–Trinajstić information content (AvgIpc) is 2.37. The lowest BCUT2D eigenvalue weighted by Gasteiger charge is -2.16. The maximum Gasteiger partial charge on any atom is 0.347 e. The minimum absolute atomic E-state index is 0.341. The highest BCUT2D eigenvalue weighted by atomic mass is 19.1. The Balaban J connectivity index is 2.75. The number of esters is 1. The van der Waals surface area contributed by atoms with Crippen molar-refractivity contribution >= 4 is 5.97 Å². The van der Waals surface area contributed by atoms with E-state index in [1.165, 1.54) is 13.2 Å². The van der Waals surface area contributed by atoms with E-state index in [9.17, 15) is 9.18 Å². The number of hydrogen-bond donors (Lipinski definition) is 0. The highest BCUT2D eigenvalue weighted by Crippen LogP contribution is 2.19. The van der Waals surface area contributed by atoms with Gasteiger partial charge in [-0.25, -0.2) is 9.18 Å². The Morgan fingerprint density at radius 2 is 2.17 bits per heavy atom. The number of unbranched alkanes of at least 4 members (excludes halogenated alkanes) is 1. The van der Waals surface area contributed by atoms with Crippen LogP contribution < -0.4 is 4.74 Å². The molecule has 0 aliphatic rings. The lowest BCUT2D eigenvalue weighted by molar-refractivity contribution is -0.149. The van der Waals surface area contributed by atoms with Gasteiger partial charge in [-0.05, 0) is 31.4 Å². The summed E-state index contributed by atoms with van der Waals surface area (Å²) in [6, 6.07) is 4.57. The number of benzene rings is 1. The first-order valence-electron chi connectivity index (χ1n) is 6.09. The number of halogens is 1. The summed E-state index contributed by atoms with van der Waals surface area (Å²) in [6.07, 6.45) is 1.71. The van der Waals surface area contributed by atoms with E-state index in [0.717, 1.165) is 12.8 Å². The van der Waals surface area contributed by atoms with Crippen LogP contribution in [0.25, 0.3) is 0 Å². The van der Waals surface area contributed by atoms with Crippen LogP contribution in [-0.2, 0) is 9.53 Å². The minimum Gasteiger partial charge on any atom is -0.479 e. The minimum atomic E-state index is -0.669. The van der Waals surface area contributed by atoms with E-state index in [1.54, 1.807) is 19.1 Å². The summed E-state index contributed by atoms with van der Waals surface area (Å²) in [7, 11) is 1.32. The molecule has 0 fully saturated rings. The summed E-state index contributed by atoms with van der Waals surface area (Å²) in [5, 5.41) is 0. The van der Waals surface area contributed by atoms with Crippen LogP contribution in [0.4, 0.5) is 4.39 Å². The van der Waals surface area contributed by atoms with E-state index >= 15 is 0 Å². The van der Waals surface area contributed by atoms with Crippen molar-refractivity contribution in [1.29, 1.82) is 0 Å². The average molecular weight is 254 g/mol. The van der Waals surface area contributed by atoms with Gasteiger partial charge in [-0.15, -0.1) is 0 Å². The van der Waals surface area contributed by atoms with Crippen molar-refractivity contribution in [3.05, 3.63) is 29.6 Å². The van der Waals surface area contributed by atoms with Crippen molar-refractivity contribution < 1.29 is 18.7 Å². The second-order valence-electron chi connectivity index (χ2n) is 4.18. The Labute approximate surface area is 107 Å². The predicted octanol–water partition coefficient (Wildman–Crippen LogP) is 3.24. The number of aryl methyl sites for hydroxylation is 1. The van der Waals surface area contributed by atoms with Crippen LogP contribution in [0.2, 0.25) is 0 Å². The molecule has 1 aromatic carbocycles. The zero-order chi connectivity index (χ0) is 13.5. The van der Waals surface area contributed by atoms with Gasteiger partial charge in [0.2, 0.25) is 0 Å². The van der Waals surface area contributed by atoms with Gasteiger partial charge in [0.05, 0.1) is 7.11 Å². The Kier molecular flexibility index (Phi) is 5.62. The van der Waals surface area contributed by atoms with Gasteiger partial charge in [-0.1, -0.05) is 19.4 Å². The molecule has 1 atom stereocenters. The van der Waals surface area contributed by atoms with Crippen molar-refractivity contribution in [3.8, 4) is 5.75 Å². The molecule has 0 aliphatic carbocycles. The summed E-state index contributed by atoms with van der Waals surface area (Å²) in [5.74, 6) is -0.416. The van der Waals surface area contributed by atoms with Gasteiger partial charge in [0.25, 0.3) is 0 Å². The van der Waals surface area contributed by atoms with Crippen molar-refractivity contribution in [3.63, 3.8) is 0 Å². The van der Waals surface area contributed by atoms with Crippen molar-refractivity contribution in [1.82, 2.24) is 0 Å². The molecule has 1 aromatic rings. The number of rotatable bonds is 6. The first kappa shape index (κ1) is 14.5. The Bertz CT molecular complexity index is 404. The molecule has 0 radical (unpaired) electrons. The molecule has 0 aromatic heterocycles. The smallest absolute Gasteiger partial charge is 0.347 e. The van der Waals surface area contributed by atoms with E-state index in [-0.39, 0.29) is 5.82 Å². The molecule has 0 spiro atoms. The summed E-state index contributed by atoms with van der Waals surface area (Å²) in [5.41, 5.74) is 0.547. The molecule has 0 bridgehead atoms. The fourth-order valence-corrected chi connectivity index (χ4v) is 1.56. The van der Waals surface area contributed by atoms with Crippen LogP contribution in [0.1, 0.15) is 31.7 Å². The second kappa shape index (κ2) is 6.99. The quantitative estimate of drug-likeness (QED) is 0.731. The van der Waals surface area contributed by atoms with Gasteiger partial charge in [0, 0.05) is 6.07 Å². The SMILES string of the molecule is CCCCC(Oc1ccc(C)c(F)c1)C(=O)OC. The van der Waals surface area contributed by atoms with Gasteiger partial charge in [0.15, 0.2) is 6.10 Å². The first-order valence-corrected chi connectivity index (χ1v) is 6.09. The number of carbonyl (C=O) groups excluding carboxylic acids is 1. The van der Waals surface area contributed by atoms with Crippen molar-refractivity contribution in [2.24, 2.45) is 0 Å². The highest BCUT2D eigenvalue weighted by Gasteiger charge is 2.20. The van der Waals surface area contributed by atoms with Gasteiger partial charge < -0.3 is 9.47 Å². The Morgan fingerprint density at radius 1 is 1.44 bits per heavy atom. The van der Waals surface area contributed by atoms with Crippen LogP contribution in [0.5, 0.6) is 5.75 Å². The monoisotopic (exact) mass is 254 g/mol. The molecule has 0 saturated carbocycles. The van der Waals surface area contributed by atoms with Gasteiger partial charge in [0.1, 0.15) is 11.6 Å². The molecular weight excluding hydrogens is 235 g/mol. The van der Waals surface area contributed by atoms with Gasteiger partial charge >= 0.3 is 5.97 Å². The molecule has 100 valence electrons. The fourth-order valence-electron chi connectivity index (χ4n) is 1.56. The van der Waals surface area contributed by atoms with Crippen molar-refractivity contribution in [2.75, 3.05) is 7.11 Å². The molecule has 0 N–H and O–H groups in total. The number of ether oxygens (including phenoxy) is 2. The summed E-state index contributed by atoms with van der Waals surface area (Å²) >= 11 is 0. The van der Waals surface area contributed by atoms with Crippen LogP contribution >= 0.6 is 0 Å². The third-order valence-corrected chi connectivity index (χ3v) is 2.71. The third-order valence-electron chi connectivity index (χ3n) is 2.71. The third kappa shape index (κ3) is 4.02. The number of carbonyl (C=O) groups is 1.